The number of carbonyl (C=O) groups excluding carboxylic acids is 1. The Morgan fingerprint density at radius 1 is 1.62 bits per heavy atom. The van der Waals surface area contributed by atoms with Crippen molar-refractivity contribution in [1.82, 2.24) is 4.37 Å². The molecule has 1 rings (SSSR count). The van der Waals surface area contributed by atoms with Crippen molar-refractivity contribution in [2.75, 3.05) is 6.61 Å². The lowest BCUT2D eigenvalue weighted by Crippen LogP contribution is -2.06. The summed E-state index contributed by atoms with van der Waals surface area (Å²) < 4.78 is 8.92. The van der Waals surface area contributed by atoms with Gasteiger partial charge in [0.25, 0.3) is 0 Å². The summed E-state index contributed by atoms with van der Waals surface area (Å²) in [5.41, 5.74) is 0.102. The lowest BCUT2D eigenvalue weighted by molar-refractivity contribution is 0.0500. The zero-order chi connectivity index (χ0) is 9.84. The van der Waals surface area contributed by atoms with Crippen LogP contribution in [-0.4, -0.2) is 16.9 Å². The highest BCUT2D eigenvalue weighted by molar-refractivity contribution is 7.11. The molecule has 0 atom stereocenters. The number of esters is 1. The molecule has 0 unspecified atom stereocenters. The average Bonchev–Trinajstić information content (AvgIpc) is 2.44. The van der Waals surface area contributed by atoms with Crippen LogP contribution in [0.15, 0.2) is 0 Å². The molecule has 72 valence electrons. The highest BCUT2D eigenvalue weighted by atomic mass is 35.5. The molecule has 0 fully saturated rings. The van der Waals surface area contributed by atoms with Crippen LogP contribution < -0.4 is 0 Å². The summed E-state index contributed by atoms with van der Waals surface area (Å²) in [6.07, 6.45) is 0.765. The highest BCUT2D eigenvalue weighted by Crippen LogP contribution is 2.29. The molecular weight excluding hydrogens is 233 g/mol. The molecule has 1 aromatic rings. The second-order valence-electron chi connectivity index (χ2n) is 2.25. The molecule has 1 aromatic heterocycles. The van der Waals surface area contributed by atoms with Crippen LogP contribution in [0.1, 0.15) is 23.8 Å². The highest BCUT2D eigenvalue weighted by Gasteiger charge is 2.18. The van der Waals surface area contributed by atoms with Gasteiger partial charge in [0.1, 0.15) is 9.36 Å². The van der Waals surface area contributed by atoms with Gasteiger partial charge in [0.2, 0.25) is 0 Å². The van der Waals surface area contributed by atoms with Crippen molar-refractivity contribution in [2.24, 2.45) is 0 Å². The molecule has 13 heavy (non-hydrogen) atoms. The standard InChI is InChI=1S/C7H7Cl2NO2S/c1-2-3-12-7(11)5-4(8)6(9)13-10-5/h2-3H2,1H3. The molecule has 0 saturated heterocycles. The van der Waals surface area contributed by atoms with Crippen LogP contribution >= 0.6 is 34.7 Å². The van der Waals surface area contributed by atoms with Gasteiger partial charge in [-0.1, -0.05) is 30.1 Å². The molecule has 0 saturated carbocycles. The maximum atomic E-state index is 11.2. The van der Waals surface area contributed by atoms with Gasteiger partial charge in [-0.15, -0.1) is 0 Å². The maximum Gasteiger partial charge on any atom is 0.359 e. The molecule has 0 aliphatic carbocycles. The first-order valence-corrected chi connectivity index (χ1v) is 5.17. The van der Waals surface area contributed by atoms with E-state index in [1.54, 1.807) is 0 Å². The first-order chi connectivity index (χ1) is 6.16. The van der Waals surface area contributed by atoms with Crippen molar-refractivity contribution in [1.29, 1.82) is 0 Å². The van der Waals surface area contributed by atoms with Gasteiger partial charge in [-0.3, -0.25) is 0 Å². The predicted octanol–water partition coefficient (Wildman–Crippen LogP) is 3.02. The molecule has 1 heterocycles. The van der Waals surface area contributed by atoms with Gasteiger partial charge in [0.05, 0.1) is 6.61 Å². The van der Waals surface area contributed by atoms with Crippen molar-refractivity contribution in [3.05, 3.63) is 15.1 Å². The zero-order valence-corrected chi connectivity index (χ0v) is 9.17. The van der Waals surface area contributed by atoms with E-state index >= 15 is 0 Å². The van der Waals surface area contributed by atoms with E-state index in [-0.39, 0.29) is 10.7 Å². The Morgan fingerprint density at radius 2 is 2.31 bits per heavy atom. The van der Waals surface area contributed by atoms with Crippen molar-refractivity contribution < 1.29 is 9.53 Å². The van der Waals surface area contributed by atoms with E-state index in [4.69, 9.17) is 27.9 Å². The van der Waals surface area contributed by atoms with Crippen LogP contribution in [0.3, 0.4) is 0 Å². The number of rotatable bonds is 3. The Bertz CT molecular complexity index is 313. The van der Waals surface area contributed by atoms with Crippen LogP contribution in [0.2, 0.25) is 9.36 Å². The van der Waals surface area contributed by atoms with Crippen LogP contribution in [0.25, 0.3) is 0 Å². The van der Waals surface area contributed by atoms with Gasteiger partial charge < -0.3 is 4.74 Å². The predicted molar refractivity (Wildman–Crippen MR) is 52.7 cm³/mol. The Labute approximate surface area is 89.8 Å². The smallest absolute Gasteiger partial charge is 0.359 e. The second-order valence-corrected chi connectivity index (χ2v) is 4.01. The number of hydrogen-bond donors (Lipinski definition) is 0. The van der Waals surface area contributed by atoms with E-state index in [1.807, 2.05) is 6.92 Å². The second kappa shape index (κ2) is 4.79. The van der Waals surface area contributed by atoms with Crippen molar-refractivity contribution in [2.45, 2.75) is 13.3 Å². The summed E-state index contributed by atoms with van der Waals surface area (Å²) in [5.74, 6) is -0.519. The number of ether oxygens (including phenoxy) is 1. The Hall–Kier alpha value is -0.320. The first kappa shape index (κ1) is 10.8. The van der Waals surface area contributed by atoms with E-state index in [9.17, 15) is 4.79 Å². The quantitative estimate of drug-likeness (QED) is 0.762. The average molecular weight is 240 g/mol. The van der Waals surface area contributed by atoms with Gasteiger partial charge in [-0.05, 0) is 18.0 Å². The largest absolute Gasteiger partial charge is 0.461 e. The molecule has 0 spiro atoms. The molecule has 0 radical (unpaired) electrons. The monoisotopic (exact) mass is 239 g/mol. The van der Waals surface area contributed by atoms with Gasteiger partial charge >= 0.3 is 5.97 Å². The van der Waals surface area contributed by atoms with Gasteiger partial charge in [0, 0.05) is 0 Å². The molecule has 0 aliphatic heterocycles. The number of nitrogens with zero attached hydrogens (tertiary/aromatic N) is 1. The molecule has 0 aliphatic rings. The van der Waals surface area contributed by atoms with Crippen LogP contribution in [0, 0.1) is 0 Å². The first-order valence-electron chi connectivity index (χ1n) is 3.64. The fourth-order valence-corrected chi connectivity index (χ4v) is 1.63. The molecule has 0 amide bonds. The SMILES string of the molecule is CCCOC(=O)c1nsc(Cl)c1Cl. The fraction of sp³-hybridized carbons (Fsp3) is 0.429. The third-order valence-corrected chi connectivity index (χ3v) is 2.84. The van der Waals surface area contributed by atoms with Crippen LogP contribution in [0.5, 0.6) is 0 Å². The third kappa shape index (κ3) is 2.56. The molecule has 3 nitrogen and oxygen atoms in total. The number of halogens is 2. The van der Waals surface area contributed by atoms with E-state index in [0.717, 1.165) is 18.0 Å². The maximum absolute atomic E-state index is 11.2. The molecule has 0 bridgehead atoms. The van der Waals surface area contributed by atoms with Gasteiger partial charge in [-0.2, -0.15) is 4.37 Å². The summed E-state index contributed by atoms with van der Waals surface area (Å²) in [6, 6.07) is 0. The molecule has 0 N–H and O–H groups in total. The summed E-state index contributed by atoms with van der Waals surface area (Å²) in [5, 5.41) is 0.174. The lowest BCUT2D eigenvalue weighted by atomic mass is 10.4. The summed E-state index contributed by atoms with van der Waals surface area (Å²) in [6.45, 7) is 2.27. The minimum absolute atomic E-state index is 0.102. The van der Waals surface area contributed by atoms with Crippen LogP contribution in [-0.2, 0) is 4.74 Å². The number of carbonyl (C=O) groups is 1. The van der Waals surface area contributed by atoms with Gasteiger partial charge in [-0.25, -0.2) is 4.79 Å². The van der Waals surface area contributed by atoms with Crippen molar-refractivity contribution in [3.8, 4) is 0 Å². The number of aromatic nitrogens is 1. The normalized spacial score (nSPS) is 10.1. The molecule has 6 heteroatoms. The van der Waals surface area contributed by atoms with Crippen LogP contribution in [0.4, 0.5) is 0 Å². The number of hydrogen-bond acceptors (Lipinski definition) is 4. The van der Waals surface area contributed by atoms with Crippen molar-refractivity contribution in [3.63, 3.8) is 0 Å². The Morgan fingerprint density at radius 3 is 2.77 bits per heavy atom. The zero-order valence-electron chi connectivity index (χ0n) is 6.84. The van der Waals surface area contributed by atoms with E-state index in [2.05, 4.69) is 4.37 Å². The Balaban J connectivity index is 2.71. The fourth-order valence-electron chi connectivity index (χ4n) is 0.649. The van der Waals surface area contributed by atoms with Crippen molar-refractivity contribution >= 4 is 40.7 Å². The summed E-state index contributed by atoms with van der Waals surface area (Å²) in [7, 11) is 0. The minimum Gasteiger partial charge on any atom is -0.461 e. The third-order valence-electron chi connectivity index (χ3n) is 1.23. The van der Waals surface area contributed by atoms with E-state index in [1.165, 1.54) is 0 Å². The summed E-state index contributed by atoms with van der Waals surface area (Å²) in [4.78, 5) is 11.2. The van der Waals surface area contributed by atoms with Gasteiger partial charge in [0.15, 0.2) is 5.69 Å². The summed E-state index contributed by atoms with van der Waals surface area (Å²) >= 11 is 12.3. The van der Waals surface area contributed by atoms with E-state index in [0.29, 0.717) is 10.9 Å². The minimum atomic E-state index is -0.519. The van der Waals surface area contributed by atoms with E-state index < -0.39 is 5.97 Å². The topological polar surface area (TPSA) is 39.2 Å². The molecule has 0 aromatic carbocycles. The lowest BCUT2D eigenvalue weighted by Gasteiger charge is -1.99. The molecular formula is C7H7Cl2NO2S. The Kier molecular flexibility index (Phi) is 3.96.